The minimum Gasteiger partial charge on any atom is -0.482 e. The molecular formula is C19H14Cl3NO3. The lowest BCUT2D eigenvalue weighted by molar-refractivity contribution is -0.120. The van der Waals surface area contributed by atoms with Crippen molar-refractivity contribution < 1.29 is 13.9 Å². The van der Waals surface area contributed by atoms with Crippen LogP contribution in [0, 0.1) is 0 Å². The molecule has 0 saturated heterocycles. The van der Waals surface area contributed by atoms with Crippen molar-refractivity contribution in [3.8, 4) is 5.75 Å². The van der Waals surface area contributed by atoms with E-state index in [-0.39, 0.29) is 19.1 Å². The van der Waals surface area contributed by atoms with Gasteiger partial charge in [-0.25, -0.2) is 0 Å². The Balaban J connectivity index is 1.76. The highest BCUT2D eigenvalue weighted by atomic mass is 35.5. The van der Waals surface area contributed by atoms with Gasteiger partial charge in [0.15, 0.2) is 6.61 Å². The molecule has 0 aliphatic heterocycles. The second kappa shape index (κ2) is 8.49. The Morgan fingerprint density at radius 2 is 1.73 bits per heavy atom. The molecule has 7 heteroatoms. The molecule has 134 valence electrons. The Bertz CT molecular complexity index is 880. The summed E-state index contributed by atoms with van der Waals surface area (Å²) in [5.74, 6) is 0.783. The molecule has 0 aliphatic rings. The SMILES string of the molecule is O=C(COc1ccc(Cl)cc1Cl)N(Cc1ccco1)c1ccc(Cl)cc1. The van der Waals surface area contributed by atoms with Gasteiger partial charge >= 0.3 is 0 Å². The van der Waals surface area contributed by atoms with Gasteiger partial charge in [-0.3, -0.25) is 4.79 Å². The Labute approximate surface area is 165 Å². The first kappa shape index (κ1) is 18.6. The van der Waals surface area contributed by atoms with E-state index in [9.17, 15) is 4.79 Å². The first-order valence-electron chi connectivity index (χ1n) is 7.69. The molecule has 0 N–H and O–H groups in total. The van der Waals surface area contributed by atoms with E-state index in [0.717, 1.165) is 0 Å². The molecular weight excluding hydrogens is 397 g/mol. The van der Waals surface area contributed by atoms with Crippen LogP contribution in [0.25, 0.3) is 0 Å². The number of anilines is 1. The summed E-state index contributed by atoms with van der Waals surface area (Å²) >= 11 is 17.9. The summed E-state index contributed by atoms with van der Waals surface area (Å²) in [5, 5.41) is 1.42. The molecule has 1 heterocycles. The minimum atomic E-state index is -0.255. The van der Waals surface area contributed by atoms with Crippen molar-refractivity contribution in [2.75, 3.05) is 11.5 Å². The zero-order valence-corrected chi connectivity index (χ0v) is 15.8. The first-order chi connectivity index (χ1) is 12.5. The maximum Gasteiger partial charge on any atom is 0.265 e. The molecule has 1 amide bonds. The van der Waals surface area contributed by atoms with Gasteiger partial charge in [0.05, 0.1) is 17.8 Å². The standard InChI is InChI=1S/C19H14Cl3NO3/c20-13-3-6-15(7-4-13)23(11-16-2-1-9-25-16)19(24)12-26-18-8-5-14(21)10-17(18)22/h1-10H,11-12H2. The molecule has 0 fully saturated rings. The molecule has 0 bridgehead atoms. The highest BCUT2D eigenvalue weighted by molar-refractivity contribution is 6.35. The molecule has 3 rings (SSSR count). The van der Waals surface area contributed by atoms with Crippen molar-refractivity contribution in [1.29, 1.82) is 0 Å². The maximum absolute atomic E-state index is 12.8. The number of hydrogen-bond donors (Lipinski definition) is 0. The topological polar surface area (TPSA) is 42.7 Å². The monoisotopic (exact) mass is 409 g/mol. The molecule has 3 aromatic rings. The van der Waals surface area contributed by atoms with Crippen LogP contribution < -0.4 is 9.64 Å². The van der Waals surface area contributed by atoms with Gasteiger partial charge in [0.1, 0.15) is 11.5 Å². The Morgan fingerprint density at radius 1 is 1.00 bits per heavy atom. The fourth-order valence-corrected chi connectivity index (χ4v) is 2.90. The van der Waals surface area contributed by atoms with E-state index < -0.39 is 0 Å². The van der Waals surface area contributed by atoms with Gasteiger partial charge in [-0.05, 0) is 54.6 Å². The van der Waals surface area contributed by atoms with Crippen molar-refractivity contribution in [3.05, 3.63) is 81.7 Å². The average molecular weight is 411 g/mol. The van der Waals surface area contributed by atoms with Crippen molar-refractivity contribution in [1.82, 2.24) is 0 Å². The van der Waals surface area contributed by atoms with Gasteiger partial charge in [-0.15, -0.1) is 0 Å². The molecule has 0 atom stereocenters. The van der Waals surface area contributed by atoms with Gasteiger partial charge < -0.3 is 14.1 Å². The largest absolute Gasteiger partial charge is 0.482 e. The second-order valence-corrected chi connectivity index (χ2v) is 6.68. The van der Waals surface area contributed by atoms with Crippen LogP contribution in [-0.4, -0.2) is 12.5 Å². The molecule has 26 heavy (non-hydrogen) atoms. The van der Waals surface area contributed by atoms with Crippen LogP contribution in [0.5, 0.6) is 5.75 Å². The van der Waals surface area contributed by atoms with Crippen LogP contribution in [0.4, 0.5) is 5.69 Å². The summed E-state index contributed by atoms with van der Waals surface area (Å²) in [4.78, 5) is 14.3. The Morgan fingerprint density at radius 3 is 2.38 bits per heavy atom. The molecule has 4 nitrogen and oxygen atoms in total. The van der Waals surface area contributed by atoms with Crippen LogP contribution in [-0.2, 0) is 11.3 Å². The number of furan rings is 1. The van der Waals surface area contributed by atoms with E-state index in [1.807, 2.05) is 0 Å². The molecule has 2 aromatic carbocycles. The quantitative estimate of drug-likeness (QED) is 0.512. The summed E-state index contributed by atoms with van der Waals surface area (Å²) in [7, 11) is 0. The smallest absolute Gasteiger partial charge is 0.265 e. The number of rotatable bonds is 6. The Hall–Kier alpha value is -2.14. The van der Waals surface area contributed by atoms with Gasteiger partial charge in [0.2, 0.25) is 0 Å². The fraction of sp³-hybridized carbons (Fsp3) is 0.105. The molecule has 0 unspecified atom stereocenters. The minimum absolute atomic E-state index is 0.190. The number of carbonyl (C=O) groups excluding carboxylic acids is 1. The Kier molecular flexibility index (Phi) is 6.09. The van der Waals surface area contributed by atoms with E-state index in [0.29, 0.717) is 32.3 Å². The van der Waals surface area contributed by atoms with E-state index in [2.05, 4.69) is 0 Å². The summed E-state index contributed by atoms with van der Waals surface area (Å²) < 4.78 is 10.9. The fourth-order valence-electron chi connectivity index (χ4n) is 2.31. The van der Waals surface area contributed by atoms with Crippen molar-refractivity contribution in [2.45, 2.75) is 6.54 Å². The number of ether oxygens (including phenoxy) is 1. The highest BCUT2D eigenvalue weighted by Gasteiger charge is 2.19. The summed E-state index contributed by atoms with van der Waals surface area (Å²) in [6.07, 6.45) is 1.56. The highest BCUT2D eigenvalue weighted by Crippen LogP contribution is 2.28. The zero-order chi connectivity index (χ0) is 18.5. The molecule has 0 radical (unpaired) electrons. The van der Waals surface area contributed by atoms with E-state index in [1.54, 1.807) is 65.8 Å². The summed E-state index contributed by atoms with van der Waals surface area (Å²) in [6.45, 7) is 0.0792. The van der Waals surface area contributed by atoms with Crippen molar-refractivity contribution in [3.63, 3.8) is 0 Å². The average Bonchev–Trinajstić information content (AvgIpc) is 3.13. The number of hydrogen-bond acceptors (Lipinski definition) is 3. The molecule has 0 aliphatic carbocycles. The second-order valence-electron chi connectivity index (χ2n) is 5.40. The maximum atomic E-state index is 12.8. The third kappa shape index (κ3) is 4.73. The zero-order valence-electron chi connectivity index (χ0n) is 13.5. The predicted octanol–water partition coefficient (Wildman–Crippen LogP) is 5.85. The third-order valence-corrected chi connectivity index (χ3v) is 4.36. The lowest BCUT2D eigenvalue weighted by Crippen LogP contribution is -2.34. The van der Waals surface area contributed by atoms with E-state index in [1.165, 1.54) is 0 Å². The lowest BCUT2D eigenvalue weighted by Gasteiger charge is -2.22. The van der Waals surface area contributed by atoms with E-state index >= 15 is 0 Å². The number of carbonyl (C=O) groups is 1. The van der Waals surface area contributed by atoms with Gasteiger partial charge in [-0.2, -0.15) is 0 Å². The van der Waals surface area contributed by atoms with Gasteiger partial charge in [0, 0.05) is 15.7 Å². The van der Waals surface area contributed by atoms with E-state index in [4.69, 9.17) is 44.0 Å². The molecule has 0 spiro atoms. The third-order valence-electron chi connectivity index (χ3n) is 3.58. The number of amides is 1. The number of benzene rings is 2. The summed E-state index contributed by atoms with van der Waals surface area (Å²) in [6, 6.07) is 15.4. The van der Waals surface area contributed by atoms with Crippen LogP contribution in [0.1, 0.15) is 5.76 Å². The van der Waals surface area contributed by atoms with Gasteiger partial charge in [-0.1, -0.05) is 34.8 Å². The predicted molar refractivity (Wildman–Crippen MR) is 103 cm³/mol. The van der Waals surface area contributed by atoms with Crippen LogP contribution >= 0.6 is 34.8 Å². The summed E-state index contributed by atoms with van der Waals surface area (Å²) in [5.41, 5.74) is 0.682. The van der Waals surface area contributed by atoms with Crippen LogP contribution in [0.2, 0.25) is 15.1 Å². The lowest BCUT2D eigenvalue weighted by atomic mass is 10.2. The van der Waals surface area contributed by atoms with Crippen LogP contribution in [0.3, 0.4) is 0 Å². The van der Waals surface area contributed by atoms with Gasteiger partial charge in [0.25, 0.3) is 5.91 Å². The number of halogens is 3. The van der Waals surface area contributed by atoms with Crippen molar-refractivity contribution >= 4 is 46.4 Å². The number of nitrogens with zero attached hydrogens (tertiary/aromatic N) is 1. The first-order valence-corrected chi connectivity index (χ1v) is 8.82. The van der Waals surface area contributed by atoms with Crippen LogP contribution in [0.15, 0.2) is 65.3 Å². The molecule has 0 saturated carbocycles. The normalized spacial score (nSPS) is 10.6. The van der Waals surface area contributed by atoms with Crippen molar-refractivity contribution in [2.24, 2.45) is 0 Å². The molecule has 1 aromatic heterocycles.